The summed E-state index contributed by atoms with van der Waals surface area (Å²) in [4.78, 5) is 19.5. The van der Waals surface area contributed by atoms with Crippen LogP contribution in [0.15, 0.2) is 45.7 Å². The van der Waals surface area contributed by atoms with E-state index in [2.05, 4.69) is 38.9 Å². The number of aromatic nitrogens is 2. The summed E-state index contributed by atoms with van der Waals surface area (Å²) in [5.74, 6) is 1.45. The van der Waals surface area contributed by atoms with E-state index >= 15 is 0 Å². The number of halogens is 1. The highest BCUT2D eigenvalue weighted by atomic mass is 79.9. The molecule has 0 unspecified atom stereocenters. The number of nitriles is 1. The Bertz CT molecular complexity index is 1160. The number of hydrogen-bond acceptors (Lipinski definition) is 5. The molecule has 0 atom stereocenters. The van der Waals surface area contributed by atoms with Crippen LogP contribution in [0.2, 0.25) is 0 Å². The Morgan fingerprint density at radius 1 is 1.28 bits per heavy atom. The van der Waals surface area contributed by atoms with E-state index in [4.69, 9.17) is 9.47 Å². The third-order valence-corrected chi connectivity index (χ3v) is 4.79. The first kappa shape index (κ1) is 20.6. The zero-order valence-electron chi connectivity index (χ0n) is 16.2. The Morgan fingerprint density at radius 2 is 2.10 bits per heavy atom. The summed E-state index contributed by atoms with van der Waals surface area (Å²) in [6.45, 7) is 2.71. The van der Waals surface area contributed by atoms with E-state index in [1.165, 1.54) is 0 Å². The summed E-state index contributed by atoms with van der Waals surface area (Å²) in [7, 11) is 1.57. The number of rotatable bonds is 7. The van der Waals surface area contributed by atoms with E-state index in [1.807, 2.05) is 12.1 Å². The largest absolute Gasteiger partial charge is 0.493 e. The molecule has 1 heterocycles. The van der Waals surface area contributed by atoms with Crippen molar-refractivity contribution in [2.75, 3.05) is 13.7 Å². The van der Waals surface area contributed by atoms with Gasteiger partial charge in [-0.25, -0.2) is 4.98 Å². The van der Waals surface area contributed by atoms with Crippen molar-refractivity contribution >= 4 is 38.5 Å². The monoisotopic (exact) mass is 453 g/mol. The van der Waals surface area contributed by atoms with Gasteiger partial charge in [0, 0.05) is 4.47 Å². The average molecular weight is 454 g/mol. The van der Waals surface area contributed by atoms with Gasteiger partial charge in [0.1, 0.15) is 6.07 Å². The molecule has 0 saturated carbocycles. The molecule has 0 saturated heterocycles. The molecule has 3 aromatic rings. The topological polar surface area (TPSA) is 88.0 Å². The molecule has 0 aliphatic carbocycles. The first-order valence-corrected chi connectivity index (χ1v) is 9.97. The van der Waals surface area contributed by atoms with Gasteiger partial charge < -0.3 is 14.5 Å². The standard InChI is InChI=1S/C22H20BrN3O3/c1-3-4-9-29-19-8-5-14(11-20(19)28-2)10-15(13-24)21-25-18-7-6-16(23)12-17(18)22(27)26-21/h5-8,10-12H,3-4,9H2,1-2H3,(H,25,26,27). The molecule has 148 valence electrons. The number of H-pyrrole nitrogens is 1. The Labute approximate surface area is 176 Å². The van der Waals surface area contributed by atoms with Crippen LogP contribution in [0.25, 0.3) is 22.6 Å². The minimum atomic E-state index is -0.301. The first-order valence-electron chi connectivity index (χ1n) is 9.18. The second kappa shape index (κ2) is 9.39. The normalized spacial score (nSPS) is 11.3. The fraction of sp³-hybridized carbons (Fsp3) is 0.227. The van der Waals surface area contributed by atoms with E-state index in [1.54, 1.807) is 37.5 Å². The van der Waals surface area contributed by atoms with Crippen molar-refractivity contribution in [2.45, 2.75) is 19.8 Å². The molecular formula is C22H20BrN3O3. The van der Waals surface area contributed by atoms with Gasteiger partial charge in [0.15, 0.2) is 17.3 Å². The smallest absolute Gasteiger partial charge is 0.259 e. The predicted molar refractivity (Wildman–Crippen MR) is 117 cm³/mol. The van der Waals surface area contributed by atoms with Gasteiger partial charge in [-0.2, -0.15) is 5.26 Å². The maximum Gasteiger partial charge on any atom is 0.259 e. The molecule has 7 heteroatoms. The number of unbranched alkanes of at least 4 members (excludes halogenated alkanes) is 1. The quantitative estimate of drug-likeness (QED) is 0.404. The number of methoxy groups -OCH3 is 1. The predicted octanol–water partition coefficient (Wildman–Crippen LogP) is 4.94. The first-order chi connectivity index (χ1) is 14.0. The molecular weight excluding hydrogens is 434 g/mol. The third kappa shape index (κ3) is 4.84. The molecule has 1 N–H and O–H groups in total. The van der Waals surface area contributed by atoms with Crippen LogP contribution in [0.1, 0.15) is 31.2 Å². The molecule has 6 nitrogen and oxygen atoms in total. The summed E-state index contributed by atoms with van der Waals surface area (Å²) < 4.78 is 11.9. The van der Waals surface area contributed by atoms with Crippen LogP contribution < -0.4 is 15.0 Å². The third-order valence-electron chi connectivity index (χ3n) is 4.30. The molecule has 2 aromatic carbocycles. The Kier molecular flexibility index (Phi) is 6.68. The second-order valence-electron chi connectivity index (χ2n) is 6.36. The van der Waals surface area contributed by atoms with Crippen LogP contribution in [-0.2, 0) is 0 Å². The van der Waals surface area contributed by atoms with E-state index in [9.17, 15) is 10.1 Å². The van der Waals surface area contributed by atoms with Crippen LogP contribution in [0.3, 0.4) is 0 Å². The Hall–Kier alpha value is -3.11. The highest BCUT2D eigenvalue weighted by Crippen LogP contribution is 2.30. The zero-order chi connectivity index (χ0) is 20.8. The fourth-order valence-corrected chi connectivity index (χ4v) is 3.14. The number of nitrogens with one attached hydrogen (secondary N) is 1. The molecule has 1 aromatic heterocycles. The van der Waals surface area contributed by atoms with Gasteiger partial charge in [-0.3, -0.25) is 4.79 Å². The van der Waals surface area contributed by atoms with Crippen LogP contribution >= 0.6 is 15.9 Å². The second-order valence-corrected chi connectivity index (χ2v) is 7.27. The van der Waals surface area contributed by atoms with Gasteiger partial charge in [-0.15, -0.1) is 0 Å². The van der Waals surface area contributed by atoms with Gasteiger partial charge in [0.25, 0.3) is 5.56 Å². The van der Waals surface area contributed by atoms with Crippen LogP contribution in [0.5, 0.6) is 11.5 Å². The van der Waals surface area contributed by atoms with E-state index in [-0.39, 0.29) is 17.0 Å². The lowest BCUT2D eigenvalue weighted by atomic mass is 10.1. The van der Waals surface area contributed by atoms with Gasteiger partial charge in [-0.1, -0.05) is 35.3 Å². The highest BCUT2D eigenvalue weighted by molar-refractivity contribution is 9.10. The lowest BCUT2D eigenvalue weighted by Gasteiger charge is -2.11. The maximum atomic E-state index is 12.4. The molecule has 0 spiro atoms. The molecule has 0 aliphatic heterocycles. The number of allylic oxidation sites excluding steroid dienone is 1. The summed E-state index contributed by atoms with van der Waals surface area (Å²) in [5, 5.41) is 10.1. The van der Waals surface area contributed by atoms with Crippen molar-refractivity contribution in [1.29, 1.82) is 5.26 Å². The molecule has 0 bridgehead atoms. The fourth-order valence-electron chi connectivity index (χ4n) is 2.78. The summed E-state index contributed by atoms with van der Waals surface area (Å²) in [5.41, 5.74) is 1.20. The number of ether oxygens (including phenoxy) is 2. The van der Waals surface area contributed by atoms with E-state index < -0.39 is 0 Å². The number of aromatic amines is 1. The Balaban J connectivity index is 1.98. The minimum Gasteiger partial charge on any atom is -0.493 e. The molecule has 3 rings (SSSR count). The van der Waals surface area contributed by atoms with Crippen molar-refractivity contribution in [3.63, 3.8) is 0 Å². The van der Waals surface area contributed by atoms with Crippen molar-refractivity contribution in [2.24, 2.45) is 0 Å². The zero-order valence-corrected chi connectivity index (χ0v) is 17.7. The van der Waals surface area contributed by atoms with Gasteiger partial charge >= 0.3 is 0 Å². The molecule has 0 amide bonds. The minimum absolute atomic E-state index is 0.217. The average Bonchev–Trinajstić information content (AvgIpc) is 2.73. The number of hydrogen-bond donors (Lipinski definition) is 1. The molecule has 0 aliphatic rings. The lowest BCUT2D eigenvalue weighted by molar-refractivity contribution is 0.288. The van der Waals surface area contributed by atoms with Crippen molar-refractivity contribution in [3.05, 3.63) is 62.6 Å². The van der Waals surface area contributed by atoms with Crippen LogP contribution in [0.4, 0.5) is 0 Å². The summed E-state index contributed by atoms with van der Waals surface area (Å²) in [6, 6.07) is 12.8. The number of fused-ring (bicyclic) bond motifs is 1. The number of nitrogens with zero attached hydrogens (tertiary/aromatic N) is 2. The van der Waals surface area contributed by atoms with Gasteiger partial charge in [0.05, 0.1) is 30.2 Å². The van der Waals surface area contributed by atoms with Crippen molar-refractivity contribution < 1.29 is 9.47 Å². The van der Waals surface area contributed by atoms with Crippen LogP contribution in [-0.4, -0.2) is 23.7 Å². The van der Waals surface area contributed by atoms with E-state index in [0.717, 1.165) is 22.9 Å². The number of benzene rings is 2. The van der Waals surface area contributed by atoms with Gasteiger partial charge in [-0.05, 0) is 48.4 Å². The molecule has 0 radical (unpaired) electrons. The van der Waals surface area contributed by atoms with Crippen LogP contribution in [0, 0.1) is 11.3 Å². The van der Waals surface area contributed by atoms with E-state index in [0.29, 0.717) is 29.0 Å². The maximum absolute atomic E-state index is 12.4. The summed E-state index contributed by atoms with van der Waals surface area (Å²) in [6.07, 6.45) is 3.66. The molecule has 0 fully saturated rings. The summed E-state index contributed by atoms with van der Waals surface area (Å²) >= 11 is 3.34. The molecule has 29 heavy (non-hydrogen) atoms. The SMILES string of the molecule is CCCCOc1ccc(C=C(C#N)c2nc3ccc(Br)cc3c(=O)[nH]2)cc1OC. The lowest BCUT2D eigenvalue weighted by Crippen LogP contribution is -2.11. The Morgan fingerprint density at radius 3 is 2.83 bits per heavy atom. The highest BCUT2D eigenvalue weighted by Gasteiger charge is 2.10. The van der Waals surface area contributed by atoms with Gasteiger partial charge in [0.2, 0.25) is 0 Å². The van der Waals surface area contributed by atoms with Crippen molar-refractivity contribution in [1.82, 2.24) is 9.97 Å². The van der Waals surface area contributed by atoms with Crippen molar-refractivity contribution in [3.8, 4) is 17.6 Å².